The quantitative estimate of drug-likeness (QED) is 0.875. The molecule has 4 nitrogen and oxygen atoms in total. The Kier molecular flexibility index (Phi) is 4.73. The van der Waals surface area contributed by atoms with E-state index in [0.29, 0.717) is 12.1 Å². The molecule has 0 radical (unpaired) electrons. The van der Waals surface area contributed by atoms with Crippen molar-refractivity contribution in [1.82, 2.24) is 4.90 Å². The number of primary amides is 1. The fourth-order valence-corrected chi connectivity index (χ4v) is 2.63. The Hall–Kier alpha value is -1.46. The standard InChI is InChI=1S/C15H21FN2O2/c1-10-8-12(2-3-13(10)16)14(19)9-18-6-4-11(5-7-18)15(17)20/h2-3,8,11,14,19H,4-7,9H2,1H3,(H2,17,20). The average molecular weight is 280 g/mol. The fraction of sp³-hybridized carbons (Fsp3) is 0.533. The number of piperidine rings is 1. The number of amides is 1. The number of rotatable bonds is 4. The predicted molar refractivity (Wildman–Crippen MR) is 74.5 cm³/mol. The molecular formula is C15H21FN2O2. The highest BCUT2D eigenvalue weighted by Gasteiger charge is 2.24. The van der Waals surface area contributed by atoms with Crippen molar-refractivity contribution in [2.45, 2.75) is 25.9 Å². The molecule has 110 valence electrons. The number of carbonyl (C=O) groups excluding carboxylic acids is 1. The van der Waals surface area contributed by atoms with Gasteiger partial charge in [-0.15, -0.1) is 0 Å². The topological polar surface area (TPSA) is 66.6 Å². The van der Waals surface area contributed by atoms with E-state index in [2.05, 4.69) is 4.90 Å². The molecule has 1 aromatic carbocycles. The smallest absolute Gasteiger partial charge is 0.220 e. The van der Waals surface area contributed by atoms with Crippen LogP contribution in [0.3, 0.4) is 0 Å². The molecule has 1 unspecified atom stereocenters. The van der Waals surface area contributed by atoms with Crippen molar-refractivity contribution in [3.05, 3.63) is 35.1 Å². The van der Waals surface area contributed by atoms with Crippen molar-refractivity contribution in [3.8, 4) is 0 Å². The van der Waals surface area contributed by atoms with Gasteiger partial charge in [0.25, 0.3) is 0 Å². The highest BCUT2D eigenvalue weighted by Crippen LogP contribution is 2.21. The summed E-state index contributed by atoms with van der Waals surface area (Å²) in [6.45, 7) is 3.69. The molecule has 1 aliphatic rings. The fourth-order valence-electron chi connectivity index (χ4n) is 2.63. The molecule has 5 heteroatoms. The minimum Gasteiger partial charge on any atom is -0.387 e. The number of aliphatic hydroxyl groups excluding tert-OH is 1. The zero-order valence-electron chi connectivity index (χ0n) is 11.7. The summed E-state index contributed by atoms with van der Waals surface area (Å²) >= 11 is 0. The van der Waals surface area contributed by atoms with Crippen LogP contribution in [-0.2, 0) is 4.79 Å². The molecule has 0 aliphatic carbocycles. The molecule has 0 saturated carbocycles. The van der Waals surface area contributed by atoms with Crippen molar-refractivity contribution in [2.75, 3.05) is 19.6 Å². The lowest BCUT2D eigenvalue weighted by Crippen LogP contribution is -2.40. The second-order valence-electron chi connectivity index (χ2n) is 5.50. The molecule has 3 N–H and O–H groups in total. The maximum atomic E-state index is 13.2. The van der Waals surface area contributed by atoms with Crippen molar-refractivity contribution in [1.29, 1.82) is 0 Å². The summed E-state index contributed by atoms with van der Waals surface area (Å²) in [7, 11) is 0. The minimum absolute atomic E-state index is 0.0449. The first-order valence-electron chi connectivity index (χ1n) is 6.93. The summed E-state index contributed by atoms with van der Waals surface area (Å²) in [6, 6.07) is 4.67. The zero-order valence-corrected chi connectivity index (χ0v) is 11.7. The Labute approximate surface area is 118 Å². The number of hydrogen-bond donors (Lipinski definition) is 2. The first kappa shape index (κ1) is 14.9. The molecule has 1 amide bonds. The van der Waals surface area contributed by atoms with E-state index in [1.54, 1.807) is 19.1 Å². The number of carbonyl (C=O) groups is 1. The highest BCUT2D eigenvalue weighted by atomic mass is 19.1. The van der Waals surface area contributed by atoms with E-state index in [0.717, 1.165) is 31.5 Å². The van der Waals surface area contributed by atoms with Crippen molar-refractivity contribution >= 4 is 5.91 Å². The van der Waals surface area contributed by atoms with E-state index in [1.165, 1.54) is 6.07 Å². The number of nitrogens with zero attached hydrogens (tertiary/aromatic N) is 1. The van der Waals surface area contributed by atoms with E-state index in [9.17, 15) is 14.3 Å². The highest BCUT2D eigenvalue weighted by molar-refractivity contribution is 5.76. The van der Waals surface area contributed by atoms with Gasteiger partial charge in [0.2, 0.25) is 5.91 Å². The molecule has 0 spiro atoms. The number of benzene rings is 1. The molecule has 0 aromatic heterocycles. The lowest BCUT2D eigenvalue weighted by atomic mass is 9.95. The molecule has 1 fully saturated rings. The van der Waals surface area contributed by atoms with Crippen LogP contribution in [0.1, 0.15) is 30.1 Å². The number of likely N-dealkylation sites (tertiary alicyclic amines) is 1. The van der Waals surface area contributed by atoms with Gasteiger partial charge in [-0.1, -0.05) is 12.1 Å². The first-order chi connectivity index (χ1) is 9.47. The summed E-state index contributed by atoms with van der Waals surface area (Å²) in [5.74, 6) is -0.543. The van der Waals surface area contributed by atoms with Crippen LogP contribution in [0.5, 0.6) is 0 Å². The van der Waals surface area contributed by atoms with Crippen LogP contribution in [0.4, 0.5) is 4.39 Å². The molecule has 1 saturated heterocycles. The number of hydrogen-bond acceptors (Lipinski definition) is 3. The van der Waals surface area contributed by atoms with E-state index < -0.39 is 6.10 Å². The van der Waals surface area contributed by atoms with Crippen LogP contribution in [0, 0.1) is 18.7 Å². The Morgan fingerprint density at radius 3 is 2.70 bits per heavy atom. The molecule has 1 aliphatic heterocycles. The Balaban J connectivity index is 1.90. The van der Waals surface area contributed by atoms with E-state index in [4.69, 9.17) is 5.73 Å². The van der Waals surface area contributed by atoms with Gasteiger partial charge in [-0.3, -0.25) is 4.79 Å². The Morgan fingerprint density at radius 1 is 1.50 bits per heavy atom. The summed E-state index contributed by atoms with van der Waals surface area (Å²) in [5, 5.41) is 10.2. The third kappa shape index (κ3) is 3.55. The van der Waals surface area contributed by atoms with Gasteiger partial charge in [0.15, 0.2) is 0 Å². The maximum absolute atomic E-state index is 13.2. The molecular weight excluding hydrogens is 259 g/mol. The van der Waals surface area contributed by atoms with Crippen LogP contribution >= 0.6 is 0 Å². The maximum Gasteiger partial charge on any atom is 0.220 e. The second-order valence-corrected chi connectivity index (χ2v) is 5.50. The lowest BCUT2D eigenvalue weighted by Gasteiger charge is -2.32. The monoisotopic (exact) mass is 280 g/mol. The molecule has 0 bridgehead atoms. The van der Waals surface area contributed by atoms with Gasteiger partial charge in [-0.25, -0.2) is 4.39 Å². The Bertz CT molecular complexity index is 485. The number of halogens is 1. The molecule has 1 heterocycles. The molecule has 1 atom stereocenters. The summed E-state index contributed by atoms with van der Waals surface area (Å²) in [5.41, 5.74) is 6.55. The van der Waals surface area contributed by atoms with Gasteiger partial charge in [0.1, 0.15) is 5.82 Å². The molecule has 2 rings (SSSR count). The molecule has 1 aromatic rings. The van der Waals surface area contributed by atoms with Crippen molar-refractivity contribution in [3.63, 3.8) is 0 Å². The van der Waals surface area contributed by atoms with Gasteiger partial charge in [0, 0.05) is 12.5 Å². The first-order valence-corrected chi connectivity index (χ1v) is 6.93. The number of aliphatic hydroxyl groups is 1. The van der Waals surface area contributed by atoms with Gasteiger partial charge in [0.05, 0.1) is 6.10 Å². The van der Waals surface area contributed by atoms with Gasteiger partial charge in [-0.2, -0.15) is 0 Å². The third-order valence-corrected chi connectivity index (χ3v) is 3.99. The van der Waals surface area contributed by atoms with Crippen molar-refractivity contribution in [2.24, 2.45) is 11.7 Å². The minimum atomic E-state index is -0.639. The number of nitrogens with two attached hydrogens (primary N) is 1. The van der Waals surface area contributed by atoms with Gasteiger partial charge >= 0.3 is 0 Å². The SMILES string of the molecule is Cc1cc(C(O)CN2CCC(C(N)=O)CC2)ccc1F. The van der Waals surface area contributed by atoms with E-state index in [-0.39, 0.29) is 17.6 Å². The zero-order chi connectivity index (χ0) is 14.7. The summed E-state index contributed by atoms with van der Waals surface area (Å²) < 4.78 is 13.2. The van der Waals surface area contributed by atoms with Crippen LogP contribution in [0.25, 0.3) is 0 Å². The van der Waals surface area contributed by atoms with Crippen LogP contribution in [0.2, 0.25) is 0 Å². The summed E-state index contributed by atoms with van der Waals surface area (Å²) in [6.07, 6.45) is 0.842. The number of aryl methyl sites for hydroxylation is 1. The van der Waals surface area contributed by atoms with Crippen LogP contribution in [-0.4, -0.2) is 35.5 Å². The predicted octanol–water partition coefficient (Wildman–Crippen LogP) is 1.36. The van der Waals surface area contributed by atoms with Gasteiger partial charge < -0.3 is 15.7 Å². The van der Waals surface area contributed by atoms with Gasteiger partial charge in [-0.05, 0) is 50.0 Å². The lowest BCUT2D eigenvalue weighted by molar-refractivity contribution is -0.123. The van der Waals surface area contributed by atoms with Crippen molar-refractivity contribution < 1.29 is 14.3 Å². The average Bonchev–Trinajstić information content (AvgIpc) is 2.42. The van der Waals surface area contributed by atoms with E-state index in [1.807, 2.05) is 0 Å². The second kappa shape index (κ2) is 6.33. The largest absolute Gasteiger partial charge is 0.387 e. The summed E-state index contributed by atoms with van der Waals surface area (Å²) in [4.78, 5) is 13.2. The van der Waals surface area contributed by atoms with E-state index >= 15 is 0 Å². The number of β-amino-alcohol motifs (C(OH)–C–C–N with tert-alkyl or cyclic N) is 1. The Morgan fingerprint density at radius 2 is 2.15 bits per heavy atom. The van der Waals surface area contributed by atoms with Crippen LogP contribution in [0.15, 0.2) is 18.2 Å². The molecule has 20 heavy (non-hydrogen) atoms. The normalized spacial score (nSPS) is 18.9. The van der Waals surface area contributed by atoms with Crippen LogP contribution < -0.4 is 5.73 Å². The third-order valence-electron chi connectivity index (χ3n) is 3.99.